The molecule has 5 heteroatoms. The Morgan fingerprint density at radius 1 is 1.29 bits per heavy atom. The van der Waals surface area contributed by atoms with Gasteiger partial charge in [0.15, 0.2) is 0 Å². The van der Waals surface area contributed by atoms with Crippen LogP contribution >= 0.6 is 0 Å². The molecule has 0 saturated heterocycles. The van der Waals surface area contributed by atoms with Crippen molar-refractivity contribution in [1.82, 2.24) is 20.3 Å². The number of ether oxygens (including phenoxy) is 1. The van der Waals surface area contributed by atoms with Gasteiger partial charge < -0.3 is 10.1 Å². The highest BCUT2D eigenvalue weighted by Gasteiger charge is 2.29. The van der Waals surface area contributed by atoms with Gasteiger partial charge in [0.25, 0.3) is 0 Å². The van der Waals surface area contributed by atoms with E-state index in [9.17, 15) is 0 Å². The van der Waals surface area contributed by atoms with Crippen molar-refractivity contribution in [2.75, 3.05) is 13.7 Å². The first-order valence-electron chi connectivity index (χ1n) is 7.56. The van der Waals surface area contributed by atoms with Crippen LogP contribution in [-0.4, -0.2) is 34.7 Å². The minimum absolute atomic E-state index is 0.660. The molecule has 0 radical (unpaired) electrons. The topological polar surface area (TPSA) is 52.0 Å². The molecule has 1 saturated carbocycles. The van der Waals surface area contributed by atoms with Gasteiger partial charge in [-0.25, -0.2) is 0 Å². The fraction of sp³-hybridized carbons (Fsp3) is 0.500. The van der Waals surface area contributed by atoms with Gasteiger partial charge in [0.1, 0.15) is 5.75 Å². The number of methoxy groups -OCH3 is 1. The van der Waals surface area contributed by atoms with Crippen molar-refractivity contribution in [3.05, 3.63) is 42.2 Å². The summed E-state index contributed by atoms with van der Waals surface area (Å²) in [4.78, 5) is 0. The Bertz CT molecular complexity index is 532. The van der Waals surface area contributed by atoms with E-state index < -0.39 is 0 Å². The Morgan fingerprint density at radius 3 is 2.76 bits per heavy atom. The average molecular weight is 286 g/mol. The van der Waals surface area contributed by atoms with Crippen LogP contribution < -0.4 is 10.1 Å². The second-order valence-corrected chi connectivity index (χ2v) is 5.61. The van der Waals surface area contributed by atoms with E-state index in [0.717, 1.165) is 25.3 Å². The lowest BCUT2D eigenvalue weighted by Crippen LogP contribution is -2.40. The van der Waals surface area contributed by atoms with E-state index in [1.807, 2.05) is 23.0 Å². The van der Waals surface area contributed by atoms with Crippen molar-refractivity contribution in [3.8, 4) is 5.75 Å². The molecule has 2 aromatic rings. The van der Waals surface area contributed by atoms with E-state index in [1.54, 1.807) is 13.3 Å². The first kappa shape index (κ1) is 14.1. The highest BCUT2D eigenvalue weighted by Crippen LogP contribution is 2.37. The maximum atomic E-state index is 5.19. The van der Waals surface area contributed by atoms with Gasteiger partial charge in [-0.15, -0.1) is 5.10 Å². The summed E-state index contributed by atoms with van der Waals surface area (Å²) in [5.41, 5.74) is 1.43. The summed E-state index contributed by atoms with van der Waals surface area (Å²) in [6, 6.07) is 9.13. The average Bonchev–Trinajstić information content (AvgIpc) is 2.99. The highest BCUT2D eigenvalue weighted by atomic mass is 16.5. The van der Waals surface area contributed by atoms with Crippen LogP contribution in [-0.2, 0) is 6.54 Å². The van der Waals surface area contributed by atoms with Gasteiger partial charge in [-0.3, -0.25) is 4.68 Å². The lowest BCUT2D eigenvalue weighted by Gasteiger charge is -2.36. The van der Waals surface area contributed by atoms with Gasteiger partial charge in [0, 0.05) is 18.8 Å². The third-order valence-electron chi connectivity index (χ3n) is 4.19. The largest absolute Gasteiger partial charge is 0.497 e. The summed E-state index contributed by atoms with van der Waals surface area (Å²) in [7, 11) is 1.71. The number of rotatable bonds is 7. The van der Waals surface area contributed by atoms with E-state index in [2.05, 4.69) is 27.8 Å². The smallest absolute Gasteiger partial charge is 0.118 e. The predicted molar refractivity (Wildman–Crippen MR) is 81.4 cm³/mol. The summed E-state index contributed by atoms with van der Waals surface area (Å²) in [6.07, 6.45) is 7.18. The summed E-state index contributed by atoms with van der Waals surface area (Å²) < 4.78 is 7.07. The van der Waals surface area contributed by atoms with Gasteiger partial charge in [-0.1, -0.05) is 17.3 Å². The van der Waals surface area contributed by atoms with E-state index in [-0.39, 0.29) is 0 Å². The van der Waals surface area contributed by atoms with Crippen molar-refractivity contribution in [1.29, 1.82) is 0 Å². The van der Waals surface area contributed by atoms with Crippen LogP contribution in [0.3, 0.4) is 0 Å². The molecule has 5 nitrogen and oxygen atoms in total. The first-order valence-corrected chi connectivity index (χ1v) is 7.56. The Kier molecular flexibility index (Phi) is 4.50. The maximum Gasteiger partial charge on any atom is 0.118 e. The van der Waals surface area contributed by atoms with Crippen LogP contribution in [0.25, 0.3) is 0 Å². The molecule has 21 heavy (non-hydrogen) atoms. The van der Waals surface area contributed by atoms with E-state index in [4.69, 9.17) is 4.74 Å². The molecule has 112 valence electrons. The molecular weight excluding hydrogens is 264 g/mol. The summed E-state index contributed by atoms with van der Waals surface area (Å²) in [5.74, 6) is 1.63. The Morgan fingerprint density at radius 2 is 2.10 bits per heavy atom. The fourth-order valence-corrected chi connectivity index (χ4v) is 2.83. The molecule has 0 atom stereocenters. The van der Waals surface area contributed by atoms with Crippen molar-refractivity contribution in [2.45, 2.75) is 37.8 Å². The summed E-state index contributed by atoms with van der Waals surface area (Å²) in [6.45, 7) is 1.97. The third kappa shape index (κ3) is 3.61. The number of hydrogen-bond acceptors (Lipinski definition) is 4. The van der Waals surface area contributed by atoms with Crippen LogP contribution in [0.5, 0.6) is 5.75 Å². The molecule has 3 rings (SSSR count). The van der Waals surface area contributed by atoms with Crippen LogP contribution in [0.15, 0.2) is 36.7 Å². The molecule has 1 fully saturated rings. The third-order valence-corrected chi connectivity index (χ3v) is 4.19. The minimum Gasteiger partial charge on any atom is -0.497 e. The SMILES string of the molecule is COc1ccc(C2CC(NCCCn3ccnn3)C2)cc1. The molecule has 1 aliphatic carbocycles. The van der Waals surface area contributed by atoms with Crippen molar-refractivity contribution in [3.63, 3.8) is 0 Å². The number of nitrogens with zero attached hydrogens (tertiary/aromatic N) is 3. The number of hydrogen-bond donors (Lipinski definition) is 1. The lowest BCUT2D eigenvalue weighted by molar-refractivity contribution is 0.288. The van der Waals surface area contributed by atoms with E-state index >= 15 is 0 Å². The Balaban J connectivity index is 1.33. The van der Waals surface area contributed by atoms with Crippen LogP contribution in [0.1, 0.15) is 30.7 Å². The lowest BCUT2D eigenvalue weighted by atomic mass is 9.76. The molecule has 1 N–H and O–H groups in total. The standard InChI is InChI=1S/C16H22N4O/c1-21-16-5-3-13(4-6-16)14-11-15(12-14)17-7-2-9-20-10-8-18-19-20/h3-6,8,10,14-15,17H,2,7,9,11-12H2,1H3. The second kappa shape index (κ2) is 6.72. The molecule has 0 aliphatic heterocycles. The monoisotopic (exact) mass is 286 g/mol. The number of aromatic nitrogens is 3. The summed E-state index contributed by atoms with van der Waals surface area (Å²) >= 11 is 0. The van der Waals surface area contributed by atoms with Gasteiger partial charge >= 0.3 is 0 Å². The molecule has 0 spiro atoms. The quantitative estimate of drug-likeness (QED) is 0.793. The van der Waals surface area contributed by atoms with Crippen molar-refractivity contribution in [2.24, 2.45) is 0 Å². The minimum atomic E-state index is 0.660. The number of nitrogens with one attached hydrogen (secondary N) is 1. The maximum absolute atomic E-state index is 5.19. The van der Waals surface area contributed by atoms with Gasteiger partial charge in [0.05, 0.1) is 13.3 Å². The molecule has 0 bridgehead atoms. The molecule has 0 amide bonds. The molecule has 1 aromatic heterocycles. The van der Waals surface area contributed by atoms with Crippen LogP contribution in [0, 0.1) is 0 Å². The van der Waals surface area contributed by atoms with Crippen LogP contribution in [0.4, 0.5) is 0 Å². The fourth-order valence-electron chi connectivity index (χ4n) is 2.83. The normalized spacial score (nSPS) is 21.0. The first-order chi connectivity index (χ1) is 10.3. The highest BCUT2D eigenvalue weighted by molar-refractivity contribution is 5.30. The van der Waals surface area contributed by atoms with Crippen LogP contribution in [0.2, 0.25) is 0 Å². The Hall–Kier alpha value is -1.88. The second-order valence-electron chi connectivity index (χ2n) is 5.61. The molecular formula is C16H22N4O. The molecule has 1 aliphatic rings. The molecule has 1 aromatic carbocycles. The zero-order valence-electron chi connectivity index (χ0n) is 12.4. The summed E-state index contributed by atoms with van der Waals surface area (Å²) in [5, 5.41) is 11.4. The molecule has 1 heterocycles. The van der Waals surface area contributed by atoms with E-state index in [0.29, 0.717) is 12.0 Å². The zero-order valence-corrected chi connectivity index (χ0v) is 12.4. The predicted octanol–water partition coefficient (Wildman–Crippen LogP) is 2.21. The van der Waals surface area contributed by atoms with Crippen molar-refractivity contribution < 1.29 is 4.74 Å². The van der Waals surface area contributed by atoms with Gasteiger partial charge in [0.2, 0.25) is 0 Å². The van der Waals surface area contributed by atoms with Gasteiger partial charge in [-0.05, 0) is 49.4 Å². The zero-order chi connectivity index (χ0) is 14.5. The van der Waals surface area contributed by atoms with Crippen molar-refractivity contribution >= 4 is 0 Å². The van der Waals surface area contributed by atoms with Gasteiger partial charge in [-0.2, -0.15) is 0 Å². The van der Waals surface area contributed by atoms with E-state index in [1.165, 1.54) is 18.4 Å². The number of aryl methyl sites for hydroxylation is 1. The molecule has 0 unspecified atom stereocenters. The Labute approximate surface area is 125 Å². The number of benzene rings is 1.